The lowest BCUT2D eigenvalue weighted by atomic mass is 10.0. The second-order valence-electron chi connectivity index (χ2n) is 5.16. The molecule has 1 fully saturated rings. The number of nitrogens with zero attached hydrogens (tertiary/aromatic N) is 1. The van der Waals surface area contributed by atoms with Gasteiger partial charge in [-0.2, -0.15) is 0 Å². The van der Waals surface area contributed by atoms with Crippen LogP contribution in [-0.4, -0.2) is 31.3 Å². The summed E-state index contributed by atoms with van der Waals surface area (Å²) in [5.74, 6) is 0. The Balaban J connectivity index is 1.99. The molecule has 0 bridgehead atoms. The monoisotopic (exact) mass is 234 g/mol. The van der Waals surface area contributed by atoms with Crippen LogP contribution in [0.1, 0.15) is 31.4 Å². The van der Waals surface area contributed by atoms with Crippen molar-refractivity contribution in [2.75, 3.05) is 19.0 Å². The molecule has 2 rings (SSSR count). The van der Waals surface area contributed by atoms with E-state index in [1.54, 1.807) is 0 Å². The maximum absolute atomic E-state index is 10.2. The summed E-state index contributed by atoms with van der Waals surface area (Å²) >= 11 is 0. The third kappa shape index (κ3) is 3.20. The first kappa shape index (κ1) is 12.4. The van der Waals surface area contributed by atoms with E-state index >= 15 is 0 Å². The Labute approximate surface area is 103 Å². The van der Waals surface area contributed by atoms with Crippen molar-refractivity contribution in [3.05, 3.63) is 29.8 Å². The van der Waals surface area contributed by atoms with Gasteiger partial charge < -0.3 is 15.3 Å². The topological polar surface area (TPSA) is 35.5 Å². The van der Waals surface area contributed by atoms with Gasteiger partial charge in [-0.15, -0.1) is 0 Å². The molecule has 1 aromatic carbocycles. The Morgan fingerprint density at radius 1 is 1.24 bits per heavy atom. The number of nitrogens with one attached hydrogen (secondary N) is 1. The van der Waals surface area contributed by atoms with Crippen LogP contribution in [0.3, 0.4) is 0 Å². The van der Waals surface area contributed by atoms with Crippen molar-refractivity contribution in [2.24, 2.45) is 0 Å². The SMILES string of the molecule is CC(NC1CC1)C(O)c1ccc(N(C)C)cc1. The Morgan fingerprint density at radius 2 is 1.82 bits per heavy atom. The van der Waals surface area contributed by atoms with Crippen molar-refractivity contribution in [1.29, 1.82) is 0 Å². The van der Waals surface area contributed by atoms with Crippen molar-refractivity contribution < 1.29 is 5.11 Å². The van der Waals surface area contributed by atoms with Crippen LogP contribution in [0.5, 0.6) is 0 Å². The van der Waals surface area contributed by atoms with Gasteiger partial charge in [-0.1, -0.05) is 12.1 Å². The van der Waals surface area contributed by atoms with Crippen LogP contribution in [0, 0.1) is 0 Å². The minimum atomic E-state index is -0.424. The van der Waals surface area contributed by atoms with Crippen LogP contribution in [0.4, 0.5) is 5.69 Å². The molecule has 3 nitrogen and oxygen atoms in total. The summed E-state index contributed by atoms with van der Waals surface area (Å²) in [7, 11) is 4.03. The zero-order valence-electron chi connectivity index (χ0n) is 10.9. The summed E-state index contributed by atoms with van der Waals surface area (Å²) < 4.78 is 0. The van der Waals surface area contributed by atoms with Gasteiger partial charge in [0.05, 0.1) is 6.10 Å². The number of rotatable bonds is 5. The highest BCUT2D eigenvalue weighted by Gasteiger charge is 2.26. The molecule has 0 saturated heterocycles. The van der Waals surface area contributed by atoms with Gasteiger partial charge in [0, 0.05) is 31.9 Å². The maximum Gasteiger partial charge on any atom is 0.0940 e. The number of hydrogen-bond acceptors (Lipinski definition) is 3. The van der Waals surface area contributed by atoms with E-state index in [0.717, 1.165) is 11.3 Å². The Morgan fingerprint density at radius 3 is 2.29 bits per heavy atom. The molecule has 0 aromatic heterocycles. The minimum absolute atomic E-state index is 0.118. The number of benzene rings is 1. The summed E-state index contributed by atoms with van der Waals surface area (Å²) in [5, 5.41) is 13.6. The molecule has 0 amide bonds. The maximum atomic E-state index is 10.2. The van der Waals surface area contributed by atoms with Crippen molar-refractivity contribution in [3.63, 3.8) is 0 Å². The first-order chi connectivity index (χ1) is 8.08. The van der Waals surface area contributed by atoms with Crippen molar-refractivity contribution >= 4 is 5.69 Å². The van der Waals surface area contributed by atoms with E-state index in [1.807, 2.05) is 45.3 Å². The highest BCUT2D eigenvalue weighted by molar-refractivity contribution is 5.46. The summed E-state index contributed by atoms with van der Waals surface area (Å²) in [4.78, 5) is 2.06. The second-order valence-corrected chi connectivity index (χ2v) is 5.16. The molecular formula is C14H22N2O. The average Bonchev–Trinajstić information content (AvgIpc) is 3.12. The fourth-order valence-electron chi connectivity index (χ4n) is 1.97. The zero-order chi connectivity index (χ0) is 12.4. The normalized spacial score (nSPS) is 18.8. The smallest absolute Gasteiger partial charge is 0.0940 e. The van der Waals surface area contributed by atoms with Gasteiger partial charge in [0.2, 0.25) is 0 Å². The Kier molecular flexibility index (Phi) is 3.69. The molecule has 17 heavy (non-hydrogen) atoms. The molecule has 1 saturated carbocycles. The molecule has 1 aromatic rings. The molecule has 1 aliphatic carbocycles. The predicted octanol–water partition coefficient (Wildman–Crippen LogP) is 1.93. The van der Waals surface area contributed by atoms with Crippen LogP contribution in [0.2, 0.25) is 0 Å². The standard InChI is InChI=1S/C14H22N2O/c1-10(15-12-6-7-12)14(17)11-4-8-13(9-5-11)16(2)3/h4-5,8-10,12,14-15,17H,6-7H2,1-3H3. The molecule has 1 aliphatic rings. The van der Waals surface area contributed by atoms with E-state index < -0.39 is 6.10 Å². The summed E-state index contributed by atoms with van der Waals surface area (Å²) in [6.07, 6.45) is 2.07. The van der Waals surface area contributed by atoms with Crippen LogP contribution < -0.4 is 10.2 Å². The minimum Gasteiger partial charge on any atom is -0.387 e. The summed E-state index contributed by atoms with van der Waals surface area (Å²) in [5.41, 5.74) is 2.14. The van der Waals surface area contributed by atoms with E-state index in [4.69, 9.17) is 0 Å². The van der Waals surface area contributed by atoms with Gasteiger partial charge in [-0.05, 0) is 37.5 Å². The van der Waals surface area contributed by atoms with E-state index in [9.17, 15) is 5.11 Å². The van der Waals surface area contributed by atoms with Gasteiger partial charge in [0.1, 0.15) is 0 Å². The molecule has 94 valence electrons. The largest absolute Gasteiger partial charge is 0.387 e. The lowest BCUT2D eigenvalue weighted by molar-refractivity contribution is 0.135. The molecule has 0 spiro atoms. The highest BCUT2D eigenvalue weighted by Crippen LogP contribution is 2.24. The van der Waals surface area contributed by atoms with Crippen molar-refractivity contribution in [1.82, 2.24) is 5.32 Å². The lowest BCUT2D eigenvalue weighted by Crippen LogP contribution is -2.33. The Hall–Kier alpha value is -1.06. The summed E-state index contributed by atoms with van der Waals surface area (Å²) in [6, 6.07) is 8.84. The van der Waals surface area contributed by atoms with Crippen LogP contribution in [0.15, 0.2) is 24.3 Å². The molecule has 0 heterocycles. The predicted molar refractivity (Wildman–Crippen MR) is 71.3 cm³/mol. The van der Waals surface area contributed by atoms with E-state index in [0.29, 0.717) is 6.04 Å². The van der Waals surface area contributed by atoms with Crippen molar-refractivity contribution in [3.8, 4) is 0 Å². The highest BCUT2D eigenvalue weighted by atomic mass is 16.3. The molecule has 2 unspecified atom stereocenters. The molecule has 2 N–H and O–H groups in total. The van der Waals surface area contributed by atoms with Gasteiger partial charge in [0.25, 0.3) is 0 Å². The molecule has 2 atom stereocenters. The number of aliphatic hydroxyl groups is 1. The van der Waals surface area contributed by atoms with Gasteiger partial charge in [-0.25, -0.2) is 0 Å². The Bertz CT molecular complexity index is 357. The van der Waals surface area contributed by atoms with Gasteiger partial charge >= 0.3 is 0 Å². The van der Waals surface area contributed by atoms with Crippen molar-refractivity contribution in [2.45, 2.75) is 38.0 Å². The summed E-state index contributed by atoms with van der Waals surface area (Å²) in [6.45, 7) is 2.04. The van der Waals surface area contributed by atoms with E-state index in [2.05, 4.69) is 10.2 Å². The van der Waals surface area contributed by atoms with Crippen LogP contribution in [0.25, 0.3) is 0 Å². The van der Waals surface area contributed by atoms with Crippen LogP contribution in [-0.2, 0) is 0 Å². The first-order valence-electron chi connectivity index (χ1n) is 6.29. The number of anilines is 1. The van der Waals surface area contributed by atoms with E-state index in [-0.39, 0.29) is 6.04 Å². The van der Waals surface area contributed by atoms with E-state index in [1.165, 1.54) is 12.8 Å². The lowest BCUT2D eigenvalue weighted by Gasteiger charge is -2.21. The van der Waals surface area contributed by atoms with Gasteiger partial charge in [-0.3, -0.25) is 0 Å². The fourth-order valence-corrected chi connectivity index (χ4v) is 1.97. The molecule has 3 heteroatoms. The second kappa shape index (κ2) is 5.07. The average molecular weight is 234 g/mol. The molecule has 0 aliphatic heterocycles. The molecule has 0 radical (unpaired) electrons. The fraction of sp³-hybridized carbons (Fsp3) is 0.571. The van der Waals surface area contributed by atoms with Crippen LogP contribution >= 0.6 is 0 Å². The zero-order valence-corrected chi connectivity index (χ0v) is 10.9. The molecular weight excluding hydrogens is 212 g/mol. The third-order valence-corrected chi connectivity index (χ3v) is 3.30. The first-order valence-corrected chi connectivity index (χ1v) is 6.29. The quantitative estimate of drug-likeness (QED) is 0.817. The number of aliphatic hydroxyl groups excluding tert-OH is 1. The van der Waals surface area contributed by atoms with Gasteiger partial charge in [0.15, 0.2) is 0 Å². The number of hydrogen-bond donors (Lipinski definition) is 2. The third-order valence-electron chi connectivity index (χ3n) is 3.30.